The molecule has 0 atom stereocenters. The summed E-state index contributed by atoms with van der Waals surface area (Å²) in [4.78, 5) is 0.109. The molecule has 0 aromatic heterocycles. The number of hydrogen-bond acceptors (Lipinski definition) is 3. The van der Waals surface area contributed by atoms with Gasteiger partial charge in [0.25, 0.3) is 10.0 Å². The number of sulfonamides is 1. The first-order chi connectivity index (χ1) is 6.46. The van der Waals surface area contributed by atoms with E-state index in [2.05, 4.69) is 0 Å². The van der Waals surface area contributed by atoms with Gasteiger partial charge in [-0.3, -0.25) is 9.71 Å². The molecule has 1 N–H and O–H groups in total. The minimum absolute atomic E-state index is 0.0781. The molecule has 0 saturated heterocycles. The third-order valence-electron chi connectivity index (χ3n) is 2.17. The molecule has 0 fully saturated rings. The van der Waals surface area contributed by atoms with E-state index < -0.39 is 10.0 Å². The lowest BCUT2D eigenvalue weighted by atomic mass is 10.2. The summed E-state index contributed by atoms with van der Waals surface area (Å²) in [5.74, 6) is -0.0781. The highest BCUT2D eigenvalue weighted by Gasteiger charge is 2.37. The Labute approximate surface area is 86.7 Å². The molecule has 0 saturated carbocycles. The summed E-state index contributed by atoms with van der Waals surface area (Å²) in [7, 11) is -2.19. The van der Waals surface area contributed by atoms with Gasteiger partial charge >= 0.3 is 0 Å². The van der Waals surface area contributed by atoms with Crippen molar-refractivity contribution in [1.82, 2.24) is 4.31 Å². The number of amidine groups is 1. The fourth-order valence-corrected chi connectivity index (χ4v) is 3.04. The van der Waals surface area contributed by atoms with Gasteiger partial charge in [0.2, 0.25) is 0 Å². The fraction of sp³-hybridized carbons (Fsp3) is 0.125. The molecule has 1 aromatic carbocycles. The average molecular weight is 231 g/mol. The van der Waals surface area contributed by atoms with Crippen LogP contribution < -0.4 is 0 Å². The Kier molecular flexibility index (Phi) is 1.84. The summed E-state index contributed by atoms with van der Waals surface area (Å²) in [5.41, 5.74) is 0.289. The number of rotatable bonds is 0. The van der Waals surface area contributed by atoms with E-state index in [4.69, 9.17) is 17.0 Å². The number of fused-ring (bicyclic) bond motifs is 1. The molecule has 2 rings (SSSR count). The molecule has 0 spiro atoms. The molecular formula is C8H7ClN2O2S. The van der Waals surface area contributed by atoms with Gasteiger partial charge in [-0.15, -0.1) is 0 Å². The topological polar surface area (TPSA) is 61.2 Å². The summed E-state index contributed by atoms with van der Waals surface area (Å²) in [6.07, 6.45) is 0. The van der Waals surface area contributed by atoms with Crippen LogP contribution in [0.2, 0.25) is 5.02 Å². The molecule has 1 aliphatic rings. The van der Waals surface area contributed by atoms with Crippen LogP contribution in [0.25, 0.3) is 0 Å². The molecule has 1 heterocycles. The monoisotopic (exact) mass is 230 g/mol. The van der Waals surface area contributed by atoms with Crippen molar-refractivity contribution >= 4 is 27.5 Å². The highest BCUT2D eigenvalue weighted by atomic mass is 35.5. The van der Waals surface area contributed by atoms with Crippen LogP contribution in [-0.2, 0) is 10.0 Å². The van der Waals surface area contributed by atoms with Gasteiger partial charge in [-0.05, 0) is 12.1 Å². The van der Waals surface area contributed by atoms with Crippen molar-refractivity contribution < 1.29 is 8.42 Å². The fourth-order valence-electron chi connectivity index (χ4n) is 1.37. The second-order valence-corrected chi connectivity index (χ2v) is 5.28. The first-order valence-electron chi connectivity index (χ1n) is 3.82. The van der Waals surface area contributed by atoms with Crippen molar-refractivity contribution in [3.05, 3.63) is 28.8 Å². The van der Waals surface area contributed by atoms with E-state index in [9.17, 15) is 8.42 Å². The second kappa shape index (κ2) is 2.71. The first-order valence-corrected chi connectivity index (χ1v) is 5.64. The van der Waals surface area contributed by atoms with Gasteiger partial charge in [0.15, 0.2) is 0 Å². The van der Waals surface area contributed by atoms with Crippen LogP contribution in [0.4, 0.5) is 0 Å². The Hall–Kier alpha value is -1.07. The van der Waals surface area contributed by atoms with Gasteiger partial charge in [0, 0.05) is 7.05 Å². The van der Waals surface area contributed by atoms with Crippen molar-refractivity contribution in [2.45, 2.75) is 4.90 Å². The number of nitrogens with one attached hydrogen (secondary N) is 1. The number of halogens is 1. The highest BCUT2D eigenvalue weighted by molar-refractivity contribution is 7.90. The predicted molar refractivity (Wildman–Crippen MR) is 53.2 cm³/mol. The van der Waals surface area contributed by atoms with E-state index in [1.54, 1.807) is 12.1 Å². The Morgan fingerprint density at radius 1 is 1.43 bits per heavy atom. The lowest BCUT2D eigenvalue weighted by Gasteiger charge is -2.08. The van der Waals surface area contributed by atoms with E-state index in [0.717, 1.165) is 4.31 Å². The van der Waals surface area contributed by atoms with Crippen LogP contribution >= 0.6 is 11.6 Å². The zero-order chi connectivity index (χ0) is 10.5. The maximum atomic E-state index is 11.7. The molecule has 1 aliphatic heterocycles. The predicted octanol–water partition coefficient (Wildman–Crippen LogP) is 1.30. The van der Waals surface area contributed by atoms with Crippen molar-refractivity contribution in [2.75, 3.05) is 7.05 Å². The molecule has 1 aromatic rings. The standard InChI is InChI=1S/C8H7ClN2O2S/c1-11-8(10)7-5(9)3-2-4-6(7)14(11,12)13/h2-4,10H,1H3. The molecule has 0 bridgehead atoms. The van der Waals surface area contributed by atoms with Crippen molar-refractivity contribution in [3.8, 4) is 0 Å². The van der Waals surface area contributed by atoms with Crippen LogP contribution in [0.5, 0.6) is 0 Å². The quantitative estimate of drug-likeness (QED) is 0.730. The Morgan fingerprint density at radius 3 is 2.64 bits per heavy atom. The maximum Gasteiger partial charge on any atom is 0.266 e. The normalized spacial score (nSPS) is 18.4. The maximum absolute atomic E-state index is 11.7. The second-order valence-electron chi connectivity index (χ2n) is 2.93. The van der Waals surface area contributed by atoms with E-state index >= 15 is 0 Å². The minimum atomic E-state index is -3.53. The summed E-state index contributed by atoms with van der Waals surface area (Å²) in [5, 5.41) is 7.89. The van der Waals surface area contributed by atoms with Gasteiger partial charge in [0.1, 0.15) is 10.7 Å². The SMILES string of the molecule is CN1C(=N)c2c(Cl)cccc2S1(=O)=O. The molecule has 0 unspecified atom stereocenters. The van der Waals surface area contributed by atoms with E-state index in [-0.39, 0.29) is 16.3 Å². The summed E-state index contributed by atoms with van der Waals surface area (Å²) in [6, 6.07) is 4.59. The van der Waals surface area contributed by atoms with Gasteiger partial charge < -0.3 is 0 Å². The molecule has 14 heavy (non-hydrogen) atoms. The van der Waals surface area contributed by atoms with Crippen LogP contribution in [0, 0.1) is 5.41 Å². The zero-order valence-corrected chi connectivity index (χ0v) is 8.85. The van der Waals surface area contributed by atoms with Crippen molar-refractivity contribution in [1.29, 1.82) is 5.41 Å². The Bertz CT molecular complexity index is 524. The summed E-state index contributed by atoms with van der Waals surface area (Å²) in [6.45, 7) is 0. The van der Waals surface area contributed by atoms with Crippen LogP contribution in [-0.4, -0.2) is 25.6 Å². The van der Waals surface area contributed by atoms with E-state index in [1.807, 2.05) is 0 Å². The minimum Gasteiger partial charge on any atom is -0.283 e. The summed E-state index contributed by atoms with van der Waals surface area (Å²) >= 11 is 5.83. The Balaban J connectivity index is 2.88. The first kappa shape index (κ1) is 9.48. The zero-order valence-electron chi connectivity index (χ0n) is 7.28. The number of nitrogens with zero attached hydrogens (tertiary/aromatic N) is 1. The highest BCUT2D eigenvalue weighted by Crippen LogP contribution is 2.33. The van der Waals surface area contributed by atoms with Crippen LogP contribution in [0.1, 0.15) is 5.56 Å². The van der Waals surface area contributed by atoms with Crippen LogP contribution in [0.3, 0.4) is 0 Å². The molecule has 6 heteroatoms. The average Bonchev–Trinajstić information content (AvgIpc) is 2.30. The van der Waals surface area contributed by atoms with Gasteiger partial charge in [-0.2, -0.15) is 0 Å². The largest absolute Gasteiger partial charge is 0.283 e. The van der Waals surface area contributed by atoms with Crippen LogP contribution in [0.15, 0.2) is 23.1 Å². The van der Waals surface area contributed by atoms with E-state index in [1.165, 1.54) is 13.1 Å². The lowest BCUT2D eigenvalue weighted by Crippen LogP contribution is -2.24. The lowest BCUT2D eigenvalue weighted by molar-refractivity contribution is 0.559. The van der Waals surface area contributed by atoms with Gasteiger partial charge in [0.05, 0.1) is 10.6 Å². The van der Waals surface area contributed by atoms with Gasteiger partial charge in [-0.25, -0.2) is 8.42 Å². The Morgan fingerprint density at radius 2 is 2.07 bits per heavy atom. The number of benzene rings is 1. The number of hydrogen-bond donors (Lipinski definition) is 1. The third-order valence-corrected chi connectivity index (χ3v) is 4.28. The van der Waals surface area contributed by atoms with E-state index in [0.29, 0.717) is 5.02 Å². The molecule has 0 amide bonds. The van der Waals surface area contributed by atoms with Crippen molar-refractivity contribution in [3.63, 3.8) is 0 Å². The molecule has 74 valence electrons. The molecule has 4 nitrogen and oxygen atoms in total. The van der Waals surface area contributed by atoms with Crippen molar-refractivity contribution in [2.24, 2.45) is 0 Å². The summed E-state index contributed by atoms with van der Waals surface area (Å²) < 4.78 is 24.3. The third kappa shape index (κ3) is 0.994. The smallest absolute Gasteiger partial charge is 0.266 e. The van der Waals surface area contributed by atoms with Gasteiger partial charge in [-0.1, -0.05) is 17.7 Å². The molecule has 0 radical (unpaired) electrons. The molecule has 0 aliphatic carbocycles. The molecular weight excluding hydrogens is 224 g/mol.